The maximum Gasteiger partial charge on any atom is 0.317 e. The van der Waals surface area contributed by atoms with Gasteiger partial charge in [0.1, 0.15) is 11.4 Å². The Labute approximate surface area is 157 Å². The molecule has 0 bridgehead atoms. The SMILES string of the molecule is O=C(O)CN1CCC2(C=C(c3cccc(Cl)c3)c3ccccc3O2)CC1. The third-order valence-corrected chi connectivity index (χ3v) is 5.33. The van der Waals surface area contributed by atoms with Gasteiger partial charge in [-0.25, -0.2) is 0 Å². The first-order chi connectivity index (χ1) is 12.5. The summed E-state index contributed by atoms with van der Waals surface area (Å²) in [6.45, 7) is 1.49. The largest absolute Gasteiger partial charge is 0.482 e. The average Bonchev–Trinajstić information content (AvgIpc) is 2.63. The second-order valence-electron chi connectivity index (χ2n) is 6.90. The van der Waals surface area contributed by atoms with E-state index >= 15 is 0 Å². The molecule has 0 aromatic heterocycles. The molecule has 1 fully saturated rings. The molecule has 0 radical (unpaired) electrons. The van der Waals surface area contributed by atoms with Gasteiger partial charge in [-0.1, -0.05) is 41.9 Å². The third kappa shape index (κ3) is 3.35. The molecular formula is C21H20ClNO3. The van der Waals surface area contributed by atoms with Crippen molar-refractivity contribution < 1.29 is 14.6 Å². The quantitative estimate of drug-likeness (QED) is 0.885. The molecule has 2 aliphatic rings. The van der Waals surface area contributed by atoms with Crippen LogP contribution in [0.1, 0.15) is 24.0 Å². The molecule has 2 heterocycles. The number of benzene rings is 2. The zero-order valence-electron chi connectivity index (χ0n) is 14.3. The number of hydrogen-bond acceptors (Lipinski definition) is 3. The van der Waals surface area contributed by atoms with Crippen molar-refractivity contribution in [3.05, 3.63) is 70.8 Å². The topological polar surface area (TPSA) is 49.8 Å². The van der Waals surface area contributed by atoms with Crippen LogP contribution in [-0.4, -0.2) is 41.2 Å². The molecule has 1 spiro atoms. The van der Waals surface area contributed by atoms with E-state index < -0.39 is 11.6 Å². The molecule has 4 nitrogen and oxygen atoms in total. The monoisotopic (exact) mass is 369 g/mol. The second kappa shape index (κ2) is 6.78. The van der Waals surface area contributed by atoms with Crippen molar-refractivity contribution in [1.29, 1.82) is 0 Å². The third-order valence-electron chi connectivity index (χ3n) is 5.09. The molecule has 2 aromatic rings. The zero-order chi connectivity index (χ0) is 18.1. The standard InChI is InChI=1S/C21H20ClNO3/c22-16-5-3-4-15(12-16)18-13-21(26-19-7-2-1-6-17(18)19)8-10-23(11-9-21)14-20(24)25/h1-7,12-13H,8-11,14H2,(H,24,25). The maximum atomic E-state index is 11.0. The van der Waals surface area contributed by atoms with Gasteiger partial charge in [0.2, 0.25) is 0 Å². The predicted molar refractivity (Wildman–Crippen MR) is 102 cm³/mol. The van der Waals surface area contributed by atoms with Crippen molar-refractivity contribution >= 4 is 23.1 Å². The Morgan fingerprint density at radius 2 is 1.92 bits per heavy atom. The fourth-order valence-electron chi connectivity index (χ4n) is 3.79. The van der Waals surface area contributed by atoms with Crippen molar-refractivity contribution in [3.8, 4) is 5.75 Å². The summed E-state index contributed by atoms with van der Waals surface area (Å²) in [4.78, 5) is 12.9. The summed E-state index contributed by atoms with van der Waals surface area (Å²) >= 11 is 6.22. The van der Waals surface area contributed by atoms with Gasteiger partial charge in [-0.2, -0.15) is 0 Å². The Hall–Kier alpha value is -2.30. The highest BCUT2D eigenvalue weighted by molar-refractivity contribution is 6.30. The van der Waals surface area contributed by atoms with Gasteiger partial charge >= 0.3 is 5.97 Å². The molecule has 2 aliphatic heterocycles. The first-order valence-electron chi connectivity index (χ1n) is 8.76. The van der Waals surface area contributed by atoms with Crippen LogP contribution in [0.15, 0.2) is 54.6 Å². The number of carboxylic acid groups (broad SMARTS) is 1. The van der Waals surface area contributed by atoms with Crippen LogP contribution in [-0.2, 0) is 4.79 Å². The summed E-state index contributed by atoms with van der Waals surface area (Å²) in [7, 11) is 0. The molecule has 0 atom stereocenters. The number of rotatable bonds is 3. The molecule has 134 valence electrons. The van der Waals surface area contributed by atoms with E-state index in [0.29, 0.717) is 18.1 Å². The van der Waals surface area contributed by atoms with E-state index in [1.54, 1.807) is 0 Å². The van der Waals surface area contributed by atoms with Crippen molar-refractivity contribution in [2.24, 2.45) is 0 Å². The Bertz CT molecular complexity index is 869. The highest BCUT2D eigenvalue weighted by Gasteiger charge is 2.39. The van der Waals surface area contributed by atoms with Crippen LogP contribution in [0.25, 0.3) is 5.57 Å². The van der Waals surface area contributed by atoms with E-state index in [2.05, 4.69) is 18.2 Å². The fourth-order valence-corrected chi connectivity index (χ4v) is 3.98. The van der Waals surface area contributed by atoms with Gasteiger partial charge in [0.15, 0.2) is 0 Å². The van der Waals surface area contributed by atoms with Crippen LogP contribution < -0.4 is 4.74 Å². The molecule has 0 saturated carbocycles. The van der Waals surface area contributed by atoms with Gasteiger partial charge in [-0.3, -0.25) is 9.69 Å². The van der Waals surface area contributed by atoms with Crippen LogP contribution in [0.2, 0.25) is 5.02 Å². The Morgan fingerprint density at radius 1 is 1.15 bits per heavy atom. The number of piperidine rings is 1. The number of carboxylic acids is 1. The smallest absolute Gasteiger partial charge is 0.317 e. The van der Waals surface area contributed by atoms with Gasteiger partial charge in [-0.05, 0) is 35.4 Å². The lowest BCUT2D eigenvalue weighted by molar-refractivity contribution is -0.139. The maximum absolute atomic E-state index is 11.0. The van der Waals surface area contributed by atoms with E-state index in [-0.39, 0.29) is 6.54 Å². The minimum Gasteiger partial charge on any atom is -0.482 e. The molecule has 1 N–H and O–H groups in total. The van der Waals surface area contributed by atoms with Gasteiger partial charge in [-0.15, -0.1) is 0 Å². The van der Waals surface area contributed by atoms with Gasteiger partial charge in [0.05, 0.1) is 6.54 Å². The lowest BCUT2D eigenvalue weighted by Gasteiger charge is -2.42. The molecule has 1 saturated heterocycles. The van der Waals surface area contributed by atoms with Gasteiger partial charge in [0, 0.05) is 36.5 Å². The number of hydrogen-bond donors (Lipinski definition) is 1. The van der Waals surface area contributed by atoms with Crippen LogP contribution >= 0.6 is 11.6 Å². The summed E-state index contributed by atoms with van der Waals surface area (Å²) in [5, 5.41) is 9.72. The summed E-state index contributed by atoms with van der Waals surface area (Å²) in [6, 6.07) is 15.9. The average molecular weight is 370 g/mol. The molecule has 0 unspecified atom stereocenters. The summed E-state index contributed by atoms with van der Waals surface area (Å²) in [6.07, 6.45) is 3.73. The number of aliphatic carboxylic acids is 1. The molecule has 0 amide bonds. The predicted octanol–water partition coefficient (Wildman–Crippen LogP) is 4.08. The van der Waals surface area contributed by atoms with E-state index in [4.69, 9.17) is 21.4 Å². The minimum atomic E-state index is -0.786. The van der Waals surface area contributed by atoms with Crippen molar-refractivity contribution in [3.63, 3.8) is 0 Å². The van der Waals surface area contributed by atoms with Crippen molar-refractivity contribution in [2.45, 2.75) is 18.4 Å². The highest BCUT2D eigenvalue weighted by Crippen LogP contribution is 2.43. The summed E-state index contributed by atoms with van der Waals surface area (Å²) in [5.74, 6) is 0.0858. The van der Waals surface area contributed by atoms with Crippen LogP contribution in [0.3, 0.4) is 0 Å². The lowest BCUT2D eigenvalue weighted by atomic mass is 9.83. The Morgan fingerprint density at radius 3 is 2.65 bits per heavy atom. The molecule has 26 heavy (non-hydrogen) atoms. The molecule has 0 aliphatic carbocycles. The molecule has 5 heteroatoms. The number of para-hydroxylation sites is 1. The highest BCUT2D eigenvalue weighted by atomic mass is 35.5. The molecular weight excluding hydrogens is 350 g/mol. The van der Waals surface area contributed by atoms with E-state index in [9.17, 15) is 4.79 Å². The van der Waals surface area contributed by atoms with Gasteiger partial charge in [0.25, 0.3) is 0 Å². The number of ether oxygens (including phenoxy) is 1. The molecule has 2 aromatic carbocycles. The normalized spacial score (nSPS) is 18.7. The first-order valence-corrected chi connectivity index (χ1v) is 9.14. The van der Waals surface area contributed by atoms with Gasteiger partial charge < -0.3 is 9.84 Å². The summed E-state index contributed by atoms with van der Waals surface area (Å²) < 4.78 is 6.41. The van der Waals surface area contributed by atoms with Crippen molar-refractivity contribution in [2.75, 3.05) is 19.6 Å². The van der Waals surface area contributed by atoms with Crippen LogP contribution in [0.4, 0.5) is 0 Å². The number of carbonyl (C=O) groups is 1. The van der Waals surface area contributed by atoms with Crippen molar-refractivity contribution in [1.82, 2.24) is 4.90 Å². The number of fused-ring (bicyclic) bond motifs is 1. The van der Waals surface area contributed by atoms with Crippen LogP contribution in [0.5, 0.6) is 5.75 Å². The zero-order valence-corrected chi connectivity index (χ0v) is 15.1. The Kier molecular flexibility index (Phi) is 4.47. The number of halogens is 1. The minimum absolute atomic E-state index is 0.0809. The van der Waals surface area contributed by atoms with Crippen LogP contribution in [0, 0.1) is 0 Å². The fraction of sp³-hybridized carbons (Fsp3) is 0.286. The number of nitrogens with zero attached hydrogens (tertiary/aromatic N) is 1. The summed E-state index contributed by atoms with van der Waals surface area (Å²) in [5.41, 5.74) is 2.86. The lowest BCUT2D eigenvalue weighted by Crippen LogP contribution is -2.49. The second-order valence-corrected chi connectivity index (χ2v) is 7.34. The molecule has 4 rings (SSSR count). The van der Waals surface area contributed by atoms with E-state index in [0.717, 1.165) is 35.3 Å². The van der Waals surface area contributed by atoms with E-state index in [1.165, 1.54) is 0 Å². The first kappa shape index (κ1) is 17.1. The van der Waals surface area contributed by atoms with E-state index in [1.807, 2.05) is 41.3 Å². The Balaban J connectivity index is 1.70. The number of likely N-dealkylation sites (tertiary alicyclic amines) is 1.